The molecule has 0 amide bonds. The van der Waals surface area contributed by atoms with Gasteiger partial charge in [-0.15, -0.1) is 11.3 Å². The van der Waals surface area contributed by atoms with Crippen molar-refractivity contribution in [2.45, 2.75) is 6.92 Å². The van der Waals surface area contributed by atoms with Gasteiger partial charge in [0.25, 0.3) is 0 Å². The Kier molecular flexibility index (Phi) is 2.66. The second-order valence-corrected chi connectivity index (χ2v) is 4.24. The van der Waals surface area contributed by atoms with Crippen molar-refractivity contribution in [1.29, 1.82) is 5.26 Å². The highest BCUT2D eigenvalue weighted by Crippen LogP contribution is 2.27. The Balaban J connectivity index is 2.38. The summed E-state index contributed by atoms with van der Waals surface area (Å²) in [6, 6.07) is 9.51. The summed E-state index contributed by atoms with van der Waals surface area (Å²) < 4.78 is 0. The molecule has 0 bridgehead atoms. The Morgan fingerprint density at radius 2 is 2.07 bits per heavy atom. The van der Waals surface area contributed by atoms with E-state index in [0.29, 0.717) is 5.13 Å². The predicted molar refractivity (Wildman–Crippen MR) is 61.0 cm³/mol. The number of para-hydroxylation sites is 1. The number of rotatable bonds is 2. The minimum atomic E-state index is 0.709. The molecule has 74 valence electrons. The van der Waals surface area contributed by atoms with Gasteiger partial charge in [-0.05, 0) is 19.1 Å². The second kappa shape index (κ2) is 4.11. The monoisotopic (exact) mass is 215 g/mol. The van der Waals surface area contributed by atoms with E-state index < -0.39 is 0 Å². The maximum atomic E-state index is 9.08. The molecule has 1 aromatic heterocycles. The number of hydrogen-bond acceptors (Lipinski definition) is 4. The molecule has 0 radical (unpaired) electrons. The molecule has 4 heteroatoms. The first-order chi connectivity index (χ1) is 7.31. The van der Waals surface area contributed by atoms with Crippen molar-refractivity contribution in [3.8, 4) is 6.19 Å². The van der Waals surface area contributed by atoms with E-state index in [-0.39, 0.29) is 0 Å². The average molecular weight is 215 g/mol. The van der Waals surface area contributed by atoms with E-state index in [1.807, 2.05) is 37.3 Å². The first-order valence-electron chi connectivity index (χ1n) is 4.48. The van der Waals surface area contributed by atoms with Gasteiger partial charge in [-0.25, -0.2) is 9.88 Å². The molecule has 3 nitrogen and oxygen atoms in total. The van der Waals surface area contributed by atoms with Crippen LogP contribution in [0.5, 0.6) is 0 Å². The minimum Gasteiger partial charge on any atom is -0.227 e. The minimum absolute atomic E-state index is 0.709. The number of thiazole rings is 1. The molecular weight excluding hydrogens is 206 g/mol. The highest BCUT2D eigenvalue weighted by Gasteiger charge is 2.10. The van der Waals surface area contributed by atoms with E-state index in [1.54, 1.807) is 6.20 Å². The molecule has 15 heavy (non-hydrogen) atoms. The fourth-order valence-electron chi connectivity index (χ4n) is 1.23. The van der Waals surface area contributed by atoms with Gasteiger partial charge in [0, 0.05) is 11.1 Å². The maximum Gasteiger partial charge on any atom is 0.203 e. The predicted octanol–water partition coefficient (Wildman–Crippen LogP) is 3.07. The van der Waals surface area contributed by atoms with Crippen molar-refractivity contribution < 1.29 is 0 Å². The lowest BCUT2D eigenvalue weighted by molar-refractivity contribution is 1.22. The van der Waals surface area contributed by atoms with Crippen molar-refractivity contribution in [1.82, 2.24) is 4.98 Å². The van der Waals surface area contributed by atoms with Gasteiger partial charge in [0.05, 0.1) is 5.69 Å². The highest BCUT2D eigenvalue weighted by molar-refractivity contribution is 7.15. The van der Waals surface area contributed by atoms with Gasteiger partial charge >= 0.3 is 0 Å². The summed E-state index contributed by atoms with van der Waals surface area (Å²) in [7, 11) is 0. The molecule has 1 aromatic carbocycles. The van der Waals surface area contributed by atoms with Gasteiger partial charge in [-0.3, -0.25) is 0 Å². The molecule has 0 aliphatic heterocycles. The summed E-state index contributed by atoms with van der Waals surface area (Å²) in [4.78, 5) is 6.81. The van der Waals surface area contributed by atoms with Crippen molar-refractivity contribution in [3.05, 3.63) is 41.4 Å². The normalized spacial score (nSPS) is 9.60. The number of anilines is 2. The van der Waals surface area contributed by atoms with Crippen LogP contribution < -0.4 is 4.90 Å². The van der Waals surface area contributed by atoms with Crippen LogP contribution >= 0.6 is 11.3 Å². The van der Waals surface area contributed by atoms with E-state index in [9.17, 15) is 0 Å². The molecule has 0 aliphatic rings. The lowest BCUT2D eigenvalue weighted by Gasteiger charge is -2.10. The second-order valence-electron chi connectivity index (χ2n) is 3.02. The number of aromatic nitrogens is 1. The number of nitriles is 1. The van der Waals surface area contributed by atoms with Gasteiger partial charge in [0.15, 0.2) is 6.19 Å². The number of aryl methyl sites for hydroxylation is 1. The smallest absolute Gasteiger partial charge is 0.203 e. The Hall–Kier alpha value is -1.86. The zero-order chi connectivity index (χ0) is 10.7. The van der Waals surface area contributed by atoms with E-state index in [1.165, 1.54) is 16.2 Å². The van der Waals surface area contributed by atoms with Crippen molar-refractivity contribution in [2.75, 3.05) is 4.90 Å². The first kappa shape index (κ1) is 9.69. The Morgan fingerprint density at radius 3 is 2.60 bits per heavy atom. The van der Waals surface area contributed by atoms with Crippen LogP contribution in [0.15, 0.2) is 36.5 Å². The van der Waals surface area contributed by atoms with Crippen LogP contribution in [0.4, 0.5) is 10.8 Å². The van der Waals surface area contributed by atoms with Crippen LogP contribution in [0, 0.1) is 18.4 Å². The summed E-state index contributed by atoms with van der Waals surface area (Å²) in [6.07, 6.45) is 3.90. The third-order valence-corrected chi connectivity index (χ3v) is 2.81. The van der Waals surface area contributed by atoms with Crippen molar-refractivity contribution in [3.63, 3.8) is 0 Å². The van der Waals surface area contributed by atoms with E-state index in [2.05, 4.69) is 11.2 Å². The summed E-state index contributed by atoms with van der Waals surface area (Å²) in [5.41, 5.74) is 0.842. The summed E-state index contributed by atoms with van der Waals surface area (Å²) >= 11 is 1.51. The van der Waals surface area contributed by atoms with Crippen LogP contribution in [0.2, 0.25) is 0 Å². The fraction of sp³-hybridized carbons (Fsp3) is 0.0909. The van der Waals surface area contributed by atoms with Crippen LogP contribution in [0.25, 0.3) is 0 Å². The zero-order valence-corrected chi connectivity index (χ0v) is 9.03. The van der Waals surface area contributed by atoms with Crippen LogP contribution in [0.1, 0.15) is 4.88 Å². The molecule has 0 saturated heterocycles. The van der Waals surface area contributed by atoms with E-state index in [0.717, 1.165) is 10.6 Å². The highest BCUT2D eigenvalue weighted by atomic mass is 32.1. The lowest BCUT2D eigenvalue weighted by atomic mass is 10.3. The molecule has 0 aliphatic carbocycles. The van der Waals surface area contributed by atoms with Crippen LogP contribution in [0.3, 0.4) is 0 Å². The third-order valence-electron chi connectivity index (χ3n) is 1.91. The zero-order valence-electron chi connectivity index (χ0n) is 8.21. The fourth-order valence-corrected chi connectivity index (χ4v) is 1.97. The lowest BCUT2D eigenvalue weighted by Crippen LogP contribution is -2.07. The van der Waals surface area contributed by atoms with E-state index in [4.69, 9.17) is 5.26 Å². The summed E-state index contributed by atoms with van der Waals surface area (Å²) in [6.45, 7) is 1.97. The van der Waals surface area contributed by atoms with Gasteiger partial charge in [0.2, 0.25) is 5.13 Å². The standard InChI is InChI=1S/C11H9N3S/c1-9-7-13-11(15-9)14(8-12)10-5-3-2-4-6-10/h2-7H,1H3. The molecule has 0 N–H and O–H groups in total. The average Bonchev–Trinajstić information content (AvgIpc) is 2.68. The number of benzene rings is 1. The molecule has 0 saturated carbocycles. The topological polar surface area (TPSA) is 39.9 Å². The van der Waals surface area contributed by atoms with Gasteiger partial charge < -0.3 is 0 Å². The quantitative estimate of drug-likeness (QED) is 0.571. The Bertz CT molecular complexity index is 484. The Labute approximate surface area is 92.2 Å². The molecule has 1 heterocycles. The van der Waals surface area contributed by atoms with Gasteiger partial charge in [-0.1, -0.05) is 18.2 Å². The number of nitrogens with zero attached hydrogens (tertiary/aromatic N) is 3. The molecule has 2 rings (SSSR count). The maximum absolute atomic E-state index is 9.08. The van der Waals surface area contributed by atoms with Crippen LogP contribution in [-0.4, -0.2) is 4.98 Å². The van der Waals surface area contributed by atoms with Crippen molar-refractivity contribution in [2.24, 2.45) is 0 Å². The SMILES string of the molecule is Cc1cnc(N(C#N)c2ccccc2)s1. The first-order valence-corrected chi connectivity index (χ1v) is 5.30. The molecule has 0 atom stereocenters. The largest absolute Gasteiger partial charge is 0.227 e. The molecule has 0 spiro atoms. The van der Waals surface area contributed by atoms with Crippen LogP contribution in [-0.2, 0) is 0 Å². The van der Waals surface area contributed by atoms with Gasteiger partial charge in [-0.2, -0.15) is 5.26 Å². The Morgan fingerprint density at radius 1 is 1.33 bits per heavy atom. The third kappa shape index (κ3) is 1.97. The molecule has 0 unspecified atom stereocenters. The summed E-state index contributed by atoms with van der Waals surface area (Å²) in [5.74, 6) is 0. The summed E-state index contributed by atoms with van der Waals surface area (Å²) in [5, 5.41) is 9.79. The molecular formula is C11H9N3S. The number of hydrogen-bond donors (Lipinski definition) is 0. The van der Waals surface area contributed by atoms with Crippen molar-refractivity contribution >= 4 is 22.2 Å². The van der Waals surface area contributed by atoms with Gasteiger partial charge in [0.1, 0.15) is 0 Å². The molecule has 0 fully saturated rings. The van der Waals surface area contributed by atoms with E-state index >= 15 is 0 Å². The molecule has 2 aromatic rings.